The number of carbonyl (C=O) groups is 3. The Labute approximate surface area is 148 Å². The first-order chi connectivity index (χ1) is 11.9. The summed E-state index contributed by atoms with van der Waals surface area (Å²) < 4.78 is 0. The third kappa shape index (κ3) is 5.59. The maximum Gasteiger partial charge on any atom is 0.232 e. The number of nitrogens with one attached hydrogen (secondary N) is 1. The summed E-state index contributed by atoms with van der Waals surface area (Å²) in [7, 11) is 0. The fourth-order valence-corrected chi connectivity index (χ4v) is 3.07. The van der Waals surface area contributed by atoms with Gasteiger partial charge in [-0.05, 0) is 29.9 Å². The summed E-state index contributed by atoms with van der Waals surface area (Å²) in [6, 6.07) is 7.78. The van der Waals surface area contributed by atoms with Gasteiger partial charge in [0.15, 0.2) is 0 Å². The highest BCUT2D eigenvalue weighted by atomic mass is 16.2. The maximum absolute atomic E-state index is 12.2. The molecule has 25 heavy (non-hydrogen) atoms. The van der Waals surface area contributed by atoms with Crippen molar-refractivity contribution in [3.05, 3.63) is 35.4 Å². The monoisotopic (exact) mass is 345 g/mol. The van der Waals surface area contributed by atoms with Crippen LogP contribution in [-0.2, 0) is 27.5 Å². The second-order valence-electron chi connectivity index (χ2n) is 7.04. The van der Waals surface area contributed by atoms with Crippen LogP contribution in [0.15, 0.2) is 24.3 Å². The third-order valence-corrected chi connectivity index (χ3v) is 4.37. The van der Waals surface area contributed by atoms with Crippen LogP contribution in [0.3, 0.4) is 0 Å². The third-order valence-electron chi connectivity index (χ3n) is 4.37. The molecule has 1 heterocycles. The lowest BCUT2D eigenvalue weighted by Gasteiger charge is -2.17. The topological polar surface area (TPSA) is 92.5 Å². The average molecular weight is 345 g/mol. The van der Waals surface area contributed by atoms with Crippen molar-refractivity contribution in [3.8, 4) is 0 Å². The predicted molar refractivity (Wildman–Crippen MR) is 95.1 cm³/mol. The van der Waals surface area contributed by atoms with Gasteiger partial charge in [0.25, 0.3) is 0 Å². The molecule has 1 saturated heterocycles. The molecule has 0 radical (unpaired) electrons. The fourth-order valence-electron chi connectivity index (χ4n) is 3.07. The Morgan fingerprint density at radius 2 is 2.00 bits per heavy atom. The van der Waals surface area contributed by atoms with E-state index in [2.05, 4.69) is 5.32 Å². The molecule has 0 spiro atoms. The van der Waals surface area contributed by atoms with E-state index in [0.29, 0.717) is 25.9 Å². The van der Waals surface area contributed by atoms with Gasteiger partial charge in [-0.2, -0.15) is 0 Å². The number of rotatable bonds is 8. The van der Waals surface area contributed by atoms with Gasteiger partial charge in [0, 0.05) is 26.1 Å². The Hall–Kier alpha value is -2.37. The van der Waals surface area contributed by atoms with Gasteiger partial charge in [0.2, 0.25) is 17.7 Å². The molecule has 1 atom stereocenters. The van der Waals surface area contributed by atoms with Crippen LogP contribution in [-0.4, -0.2) is 29.2 Å². The predicted octanol–water partition coefficient (Wildman–Crippen LogP) is 1.57. The number of hydrogen-bond donors (Lipinski definition) is 2. The fraction of sp³-hybridized carbons (Fsp3) is 0.526. The van der Waals surface area contributed by atoms with Crippen molar-refractivity contribution in [2.24, 2.45) is 17.6 Å². The molecule has 1 aliphatic rings. The first-order valence-corrected chi connectivity index (χ1v) is 8.79. The first-order valence-electron chi connectivity index (χ1n) is 8.79. The van der Waals surface area contributed by atoms with Gasteiger partial charge >= 0.3 is 0 Å². The van der Waals surface area contributed by atoms with Crippen molar-refractivity contribution in [3.63, 3.8) is 0 Å². The van der Waals surface area contributed by atoms with Crippen LogP contribution in [0.5, 0.6) is 0 Å². The standard InChI is InChI=1S/C19H27N3O3/c1-13(2)9-16(18(20)24)19(25)21-11-14-5-3-6-15(10-14)12-22-8-4-7-17(22)23/h3,5-6,10,13,16H,4,7-9,11-12H2,1-2H3,(H2,20,24)(H,21,25). The first kappa shape index (κ1) is 19.0. The summed E-state index contributed by atoms with van der Waals surface area (Å²) in [6.07, 6.45) is 1.98. The zero-order chi connectivity index (χ0) is 18.4. The molecule has 1 fully saturated rings. The highest BCUT2D eigenvalue weighted by Gasteiger charge is 2.25. The second kappa shape index (κ2) is 8.65. The van der Waals surface area contributed by atoms with Gasteiger partial charge in [-0.3, -0.25) is 14.4 Å². The SMILES string of the molecule is CC(C)CC(C(N)=O)C(=O)NCc1cccc(CN2CCCC2=O)c1. The molecule has 1 aliphatic heterocycles. The molecule has 3 amide bonds. The molecule has 1 unspecified atom stereocenters. The smallest absolute Gasteiger partial charge is 0.232 e. The maximum atomic E-state index is 12.2. The largest absolute Gasteiger partial charge is 0.369 e. The van der Waals surface area contributed by atoms with E-state index in [1.54, 1.807) is 0 Å². The average Bonchev–Trinajstić information content (AvgIpc) is 2.95. The minimum Gasteiger partial charge on any atom is -0.369 e. The molecular formula is C19H27N3O3. The summed E-state index contributed by atoms with van der Waals surface area (Å²) in [4.78, 5) is 37.3. The summed E-state index contributed by atoms with van der Waals surface area (Å²) >= 11 is 0. The van der Waals surface area contributed by atoms with Crippen molar-refractivity contribution < 1.29 is 14.4 Å². The number of nitrogens with two attached hydrogens (primary N) is 1. The lowest BCUT2D eigenvalue weighted by Crippen LogP contribution is -2.39. The molecule has 0 saturated carbocycles. The molecular weight excluding hydrogens is 318 g/mol. The van der Waals surface area contributed by atoms with Crippen LogP contribution in [0.25, 0.3) is 0 Å². The summed E-state index contributed by atoms with van der Waals surface area (Å²) in [5, 5.41) is 2.80. The van der Waals surface area contributed by atoms with Gasteiger partial charge in [0.05, 0.1) is 0 Å². The summed E-state index contributed by atoms with van der Waals surface area (Å²) in [6.45, 7) is 5.63. The molecule has 3 N–H and O–H groups in total. The number of likely N-dealkylation sites (tertiary alicyclic amines) is 1. The van der Waals surface area contributed by atoms with Crippen LogP contribution in [0.4, 0.5) is 0 Å². The van der Waals surface area contributed by atoms with Gasteiger partial charge in [-0.15, -0.1) is 0 Å². The normalized spacial score (nSPS) is 15.5. The van der Waals surface area contributed by atoms with Crippen LogP contribution < -0.4 is 11.1 Å². The van der Waals surface area contributed by atoms with E-state index in [0.717, 1.165) is 24.1 Å². The molecule has 2 rings (SSSR count). The molecule has 0 aliphatic carbocycles. The lowest BCUT2D eigenvalue weighted by molar-refractivity contribution is -0.134. The quantitative estimate of drug-likeness (QED) is 0.701. The van der Waals surface area contributed by atoms with Gasteiger partial charge < -0.3 is 16.0 Å². The zero-order valence-corrected chi connectivity index (χ0v) is 15.0. The van der Waals surface area contributed by atoms with Crippen LogP contribution in [0.2, 0.25) is 0 Å². The molecule has 0 aromatic heterocycles. The van der Waals surface area contributed by atoms with Crippen LogP contribution >= 0.6 is 0 Å². The van der Waals surface area contributed by atoms with Crippen LogP contribution in [0.1, 0.15) is 44.2 Å². The van der Waals surface area contributed by atoms with Crippen molar-refractivity contribution in [1.29, 1.82) is 0 Å². The van der Waals surface area contributed by atoms with E-state index in [-0.39, 0.29) is 17.7 Å². The Kier molecular flexibility index (Phi) is 6.56. The zero-order valence-electron chi connectivity index (χ0n) is 15.0. The second-order valence-corrected chi connectivity index (χ2v) is 7.04. The molecule has 1 aromatic carbocycles. The van der Waals surface area contributed by atoms with E-state index in [4.69, 9.17) is 5.73 Å². The molecule has 0 bridgehead atoms. The number of amides is 3. The molecule has 6 heteroatoms. The highest BCUT2D eigenvalue weighted by Crippen LogP contribution is 2.16. The van der Waals surface area contributed by atoms with Crippen LogP contribution in [0, 0.1) is 11.8 Å². The Morgan fingerprint density at radius 1 is 1.28 bits per heavy atom. The molecule has 136 valence electrons. The van der Waals surface area contributed by atoms with Gasteiger partial charge in [-0.25, -0.2) is 0 Å². The van der Waals surface area contributed by atoms with E-state index < -0.39 is 11.8 Å². The van der Waals surface area contributed by atoms with Gasteiger partial charge in [-0.1, -0.05) is 38.1 Å². The minimum absolute atomic E-state index is 0.191. The Bertz CT molecular complexity index is 643. The number of primary amides is 1. The molecule has 6 nitrogen and oxygen atoms in total. The molecule has 1 aromatic rings. The lowest BCUT2D eigenvalue weighted by atomic mass is 9.95. The van der Waals surface area contributed by atoms with E-state index in [1.165, 1.54) is 0 Å². The van der Waals surface area contributed by atoms with Crippen molar-refractivity contribution in [1.82, 2.24) is 10.2 Å². The van der Waals surface area contributed by atoms with Crippen molar-refractivity contribution in [2.75, 3.05) is 6.54 Å². The minimum atomic E-state index is -0.801. The Morgan fingerprint density at radius 3 is 2.60 bits per heavy atom. The number of hydrogen-bond acceptors (Lipinski definition) is 3. The van der Waals surface area contributed by atoms with Gasteiger partial charge in [0.1, 0.15) is 5.92 Å². The number of carbonyl (C=O) groups excluding carboxylic acids is 3. The van der Waals surface area contributed by atoms with E-state index in [1.807, 2.05) is 43.0 Å². The highest BCUT2D eigenvalue weighted by molar-refractivity contribution is 5.99. The van der Waals surface area contributed by atoms with E-state index in [9.17, 15) is 14.4 Å². The van der Waals surface area contributed by atoms with Crippen molar-refractivity contribution in [2.45, 2.75) is 46.2 Å². The van der Waals surface area contributed by atoms with Crippen molar-refractivity contribution >= 4 is 17.7 Å². The summed E-state index contributed by atoms with van der Waals surface area (Å²) in [5.41, 5.74) is 7.32. The summed E-state index contributed by atoms with van der Waals surface area (Å²) in [5.74, 6) is -1.32. The van der Waals surface area contributed by atoms with E-state index >= 15 is 0 Å². The number of nitrogens with zero attached hydrogens (tertiary/aromatic N) is 1. The Balaban J connectivity index is 1.93. The number of benzene rings is 1.